The van der Waals surface area contributed by atoms with Crippen LogP contribution in [0.25, 0.3) is 16.7 Å². The van der Waals surface area contributed by atoms with Crippen molar-refractivity contribution >= 4 is 54.5 Å². The van der Waals surface area contributed by atoms with Crippen LogP contribution >= 0.6 is 43.5 Å². The number of benzene rings is 2. The van der Waals surface area contributed by atoms with Gasteiger partial charge in [-0.3, -0.25) is 4.57 Å². The zero-order valence-electron chi connectivity index (χ0n) is 11.6. The number of rotatable bonds is 2. The summed E-state index contributed by atoms with van der Waals surface area (Å²) in [6.45, 7) is 4.21. The van der Waals surface area contributed by atoms with Gasteiger partial charge in [0.2, 0.25) is 0 Å². The van der Waals surface area contributed by atoms with Crippen LogP contribution in [-0.4, -0.2) is 9.55 Å². The lowest BCUT2D eigenvalue weighted by Crippen LogP contribution is -2.04. The number of imidazole rings is 1. The van der Waals surface area contributed by atoms with Gasteiger partial charge in [0, 0.05) is 8.95 Å². The van der Waals surface area contributed by atoms with E-state index in [2.05, 4.69) is 73.5 Å². The highest BCUT2D eigenvalue weighted by atomic mass is 79.9. The average Bonchev–Trinajstić information content (AvgIpc) is 2.76. The minimum atomic E-state index is 0.376. The van der Waals surface area contributed by atoms with Crippen LogP contribution < -0.4 is 0 Å². The van der Waals surface area contributed by atoms with Gasteiger partial charge < -0.3 is 0 Å². The summed E-state index contributed by atoms with van der Waals surface area (Å²) in [5.74, 6) is 1.24. The van der Waals surface area contributed by atoms with Crippen molar-refractivity contribution in [3.8, 4) is 5.69 Å². The Hall–Kier alpha value is -0.840. The molecule has 0 saturated heterocycles. The molecule has 0 radical (unpaired) electrons. The third kappa shape index (κ3) is 2.65. The molecule has 0 aliphatic carbocycles. The van der Waals surface area contributed by atoms with E-state index in [-0.39, 0.29) is 0 Å². The molecule has 0 bridgehead atoms. The molecular weight excluding hydrogens is 415 g/mol. The second-order valence-corrected chi connectivity index (χ2v) is 7.12. The molecule has 21 heavy (non-hydrogen) atoms. The second-order valence-electron chi connectivity index (χ2n) is 5.02. The van der Waals surface area contributed by atoms with Crippen molar-refractivity contribution in [2.24, 2.45) is 0 Å². The van der Waals surface area contributed by atoms with Crippen molar-refractivity contribution in [3.63, 3.8) is 0 Å². The molecule has 0 unspecified atom stereocenters. The van der Waals surface area contributed by atoms with Gasteiger partial charge in [0.1, 0.15) is 5.82 Å². The van der Waals surface area contributed by atoms with Crippen LogP contribution in [0.15, 0.2) is 39.3 Å². The molecule has 0 atom stereocenters. The fourth-order valence-corrected chi connectivity index (χ4v) is 3.91. The first-order valence-electron chi connectivity index (χ1n) is 6.51. The fourth-order valence-electron chi connectivity index (χ4n) is 2.69. The molecule has 0 saturated carbocycles. The minimum Gasteiger partial charge on any atom is -0.295 e. The Morgan fingerprint density at radius 3 is 2.33 bits per heavy atom. The zero-order chi connectivity index (χ0) is 15.1. The van der Waals surface area contributed by atoms with Gasteiger partial charge in [0.15, 0.2) is 0 Å². The number of hydrogen-bond donors (Lipinski definition) is 0. The molecule has 0 amide bonds. The Kier molecular flexibility index (Phi) is 4.12. The van der Waals surface area contributed by atoms with Crippen LogP contribution in [0.1, 0.15) is 17.0 Å². The quantitative estimate of drug-likeness (QED) is 0.464. The van der Waals surface area contributed by atoms with Crippen LogP contribution in [0.5, 0.6) is 0 Å². The van der Waals surface area contributed by atoms with Crippen molar-refractivity contribution < 1.29 is 0 Å². The van der Waals surface area contributed by atoms with E-state index in [0.29, 0.717) is 5.88 Å². The molecular formula is C16H13Br2ClN2. The first-order valence-corrected chi connectivity index (χ1v) is 8.63. The topological polar surface area (TPSA) is 17.8 Å². The van der Waals surface area contributed by atoms with Gasteiger partial charge in [-0.25, -0.2) is 4.98 Å². The zero-order valence-corrected chi connectivity index (χ0v) is 15.6. The number of hydrogen-bond acceptors (Lipinski definition) is 1. The summed E-state index contributed by atoms with van der Waals surface area (Å²) in [6, 6.07) is 10.3. The highest BCUT2D eigenvalue weighted by Crippen LogP contribution is 2.30. The number of nitrogens with zero attached hydrogens (tertiary/aromatic N) is 2. The predicted molar refractivity (Wildman–Crippen MR) is 95.5 cm³/mol. The van der Waals surface area contributed by atoms with Gasteiger partial charge >= 0.3 is 0 Å². The first-order chi connectivity index (χ1) is 10.0. The van der Waals surface area contributed by atoms with Gasteiger partial charge in [0.25, 0.3) is 0 Å². The lowest BCUT2D eigenvalue weighted by atomic mass is 10.1. The molecule has 0 aliphatic heterocycles. The number of aryl methyl sites for hydroxylation is 2. The molecule has 5 heteroatoms. The molecule has 0 N–H and O–H groups in total. The van der Waals surface area contributed by atoms with Crippen molar-refractivity contribution in [1.82, 2.24) is 9.55 Å². The second kappa shape index (κ2) is 5.75. The lowest BCUT2D eigenvalue weighted by molar-refractivity contribution is 0.961. The van der Waals surface area contributed by atoms with Gasteiger partial charge in [-0.05, 0) is 55.3 Å². The first kappa shape index (κ1) is 15.1. The highest BCUT2D eigenvalue weighted by Gasteiger charge is 2.16. The summed E-state index contributed by atoms with van der Waals surface area (Å²) in [5, 5.41) is 0. The van der Waals surface area contributed by atoms with Crippen molar-refractivity contribution in [1.29, 1.82) is 0 Å². The summed E-state index contributed by atoms with van der Waals surface area (Å²) in [5.41, 5.74) is 5.54. The monoisotopic (exact) mass is 426 g/mol. The summed E-state index contributed by atoms with van der Waals surface area (Å²) in [6.07, 6.45) is 0. The maximum atomic E-state index is 6.12. The molecule has 0 spiro atoms. The Bertz CT molecular complexity index is 817. The number of alkyl halides is 1. The van der Waals surface area contributed by atoms with Crippen LogP contribution in [0, 0.1) is 13.8 Å². The standard InChI is InChI=1S/C16H13Br2ClN2/c1-9-5-12(18)6-10(2)16(9)21-14-7-11(17)3-4-13(14)20-15(21)8-19/h3-7H,8H2,1-2H3. The average molecular weight is 429 g/mol. The Morgan fingerprint density at radius 2 is 1.71 bits per heavy atom. The number of aromatic nitrogens is 2. The minimum absolute atomic E-state index is 0.376. The van der Waals surface area contributed by atoms with Crippen LogP contribution in [0.3, 0.4) is 0 Å². The van der Waals surface area contributed by atoms with Crippen LogP contribution in [-0.2, 0) is 5.88 Å². The van der Waals surface area contributed by atoms with E-state index in [1.807, 2.05) is 12.1 Å². The molecule has 0 fully saturated rings. The summed E-state index contributed by atoms with van der Waals surface area (Å²) in [7, 11) is 0. The Labute approximate surface area is 145 Å². The predicted octanol–water partition coefficient (Wildman–Crippen LogP) is 5.91. The molecule has 108 valence electrons. The number of fused-ring (bicyclic) bond motifs is 1. The molecule has 0 aliphatic rings. The van der Waals surface area contributed by atoms with Gasteiger partial charge in [-0.2, -0.15) is 0 Å². The van der Waals surface area contributed by atoms with Crippen molar-refractivity contribution in [2.75, 3.05) is 0 Å². The fraction of sp³-hybridized carbons (Fsp3) is 0.188. The lowest BCUT2D eigenvalue weighted by Gasteiger charge is -2.15. The van der Waals surface area contributed by atoms with Crippen molar-refractivity contribution in [3.05, 3.63) is 56.2 Å². The summed E-state index contributed by atoms with van der Waals surface area (Å²) < 4.78 is 4.27. The normalized spacial score (nSPS) is 11.3. The van der Waals surface area contributed by atoms with Gasteiger partial charge in [-0.15, -0.1) is 11.6 Å². The largest absolute Gasteiger partial charge is 0.295 e. The number of halogens is 3. The van der Waals surface area contributed by atoms with Gasteiger partial charge in [-0.1, -0.05) is 31.9 Å². The van der Waals surface area contributed by atoms with Gasteiger partial charge in [0.05, 0.1) is 22.6 Å². The third-order valence-corrected chi connectivity index (χ3v) is 4.68. The summed E-state index contributed by atoms with van der Waals surface area (Å²) in [4.78, 5) is 4.65. The van der Waals surface area contributed by atoms with E-state index in [4.69, 9.17) is 11.6 Å². The maximum Gasteiger partial charge on any atom is 0.129 e. The summed E-state index contributed by atoms with van der Waals surface area (Å²) >= 11 is 13.2. The molecule has 2 aromatic carbocycles. The van der Waals surface area contributed by atoms with Crippen LogP contribution in [0.4, 0.5) is 0 Å². The maximum absolute atomic E-state index is 6.12. The smallest absolute Gasteiger partial charge is 0.129 e. The molecule has 3 rings (SSSR count). The SMILES string of the molecule is Cc1cc(Br)cc(C)c1-n1c(CCl)nc2ccc(Br)cc21. The third-order valence-electron chi connectivity index (χ3n) is 3.48. The van der Waals surface area contributed by atoms with Crippen molar-refractivity contribution in [2.45, 2.75) is 19.7 Å². The Morgan fingerprint density at radius 1 is 1.05 bits per heavy atom. The van der Waals surface area contributed by atoms with Crippen LogP contribution in [0.2, 0.25) is 0 Å². The van der Waals surface area contributed by atoms with E-state index in [0.717, 1.165) is 31.5 Å². The van der Waals surface area contributed by atoms with E-state index in [9.17, 15) is 0 Å². The van der Waals surface area contributed by atoms with E-state index in [1.165, 1.54) is 11.1 Å². The molecule has 1 aromatic heterocycles. The highest BCUT2D eigenvalue weighted by molar-refractivity contribution is 9.10. The Balaban J connectivity index is 2.41. The molecule has 2 nitrogen and oxygen atoms in total. The molecule has 3 aromatic rings. The van der Waals surface area contributed by atoms with E-state index in [1.54, 1.807) is 0 Å². The van der Waals surface area contributed by atoms with E-state index >= 15 is 0 Å². The molecule has 1 heterocycles. The van der Waals surface area contributed by atoms with E-state index < -0.39 is 0 Å².